The Morgan fingerprint density at radius 2 is 2.04 bits per heavy atom. The molecule has 1 aliphatic carbocycles. The predicted octanol–water partition coefficient (Wildman–Crippen LogP) is 4.09. The fourth-order valence-electron chi connectivity index (χ4n) is 3.92. The topological polar surface area (TPSA) is 44.8 Å². The highest BCUT2D eigenvalue weighted by molar-refractivity contribution is 6.62. The number of rotatable bonds is 5. The molecule has 0 radical (unpaired) electrons. The van der Waals surface area contributed by atoms with E-state index in [9.17, 15) is 9.18 Å². The molecule has 146 valence electrons. The highest BCUT2D eigenvalue weighted by Crippen LogP contribution is 2.38. The Balaban J connectivity index is 1.61. The average molecular weight is 374 g/mol. The summed E-state index contributed by atoms with van der Waals surface area (Å²) in [4.78, 5) is 11.6. The van der Waals surface area contributed by atoms with Crippen molar-refractivity contribution in [1.82, 2.24) is 0 Å². The van der Waals surface area contributed by atoms with Crippen LogP contribution in [-0.2, 0) is 18.8 Å². The number of ether oxygens (including phenoxy) is 1. The summed E-state index contributed by atoms with van der Waals surface area (Å²) in [6, 6.07) is 5.24. The number of carbonyl (C=O) groups excluding carboxylic acids is 1. The Morgan fingerprint density at radius 3 is 2.59 bits per heavy atom. The maximum atomic E-state index is 14.8. The minimum atomic E-state index is -0.614. The maximum Gasteiger partial charge on any atom is 0.563 e. The van der Waals surface area contributed by atoms with E-state index in [-0.39, 0.29) is 17.7 Å². The molecule has 1 aromatic rings. The fraction of sp³-hybridized carbons (Fsp3) is 0.571. The highest BCUT2D eigenvalue weighted by atomic mass is 19.1. The summed E-state index contributed by atoms with van der Waals surface area (Å²) in [5, 5.41) is 0. The van der Waals surface area contributed by atoms with Crippen LogP contribution in [-0.4, -0.2) is 25.3 Å². The summed E-state index contributed by atoms with van der Waals surface area (Å²) in [6.07, 6.45) is 4.10. The lowest BCUT2D eigenvalue weighted by Gasteiger charge is -2.28. The van der Waals surface area contributed by atoms with E-state index in [0.717, 1.165) is 31.2 Å². The monoisotopic (exact) mass is 374 g/mol. The molecule has 1 aromatic carbocycles. The third-order valence-electron chi connectivity index (χ3n) is 5.67. The molecule has 0 bridgehead atoms. The first kappa shape index (κ1) is 19.9. The Labute approximate surface area is 161 Å². The van der Waals surface area contributed by atoms with Gasteiger partial charge in [-0.2, -0.15) is 0 Å². The van der Waals surface area contributed by atoms with Crippen LogP contribution in [0.1, 0.15) is 64.4 Å². The minimum absolute atomic E-state index is 0.127. The molecule has 27 heavy (non-hydrogen) atoms. The lowest BCUT2D eigenvalue weighted by molar-refractivity contribution is -0.144. The zero-order chi connectivity index (χ0) is 19.6. The van der Waals surface area contributed by atoms with Crippen LogP contribution in [0.5, 0.6) is 0 Å². The van der Waals surface area contributed by atoms with Crippen LogP contribution in [0.15, 0.2) is 30.5 Å². The first-order valence-electron chi connectivity index (χ1n) is 9.79. The second-order valence-electron chi connectivity index (χ2n) is 8.01. The number of halogens is 1. The molecule has 0 unspecified atom stereocenters. The van der Waals surface area contributed by atoms with Crippen molar-refractivity contribution in [2.45, 2.75) is 64.4 Å². The molecular formula is C21H28BFO4. The summed E-state index contributed by atoms with van der Waals surface area (Å²) in [7, 11) is -0.614. The molecule has 1 saturated heterocycles. The van der Waals surface area contributed by atoms with Gasteiger partial charge in [-0.1, -0.05) is 18.7 Å². The van der Waals surface area contributed by atoms with E-state index < -0.39 is 12.7 Å². The number of benzene rings is 1. The number of esters is 1. The minimum Gasteiger partial charge on any atom is -0.534 e. The van der Waals surface area contributed by atoms with Gasteiger partial charge in [-0.15, -0.1) is 0 Å². The third-order valence-corrected chi connectivity index (χ3v) is 5.67. The molecule has 0 amide bonds. The van der Waals surface area contributed by atoms with Crippen LogP contribution in [0, 0.1) is 11.7 Å². The number of hydrogen-bond acceptors (Lipinski definition) is 4. The summed E-state index contributed by atoms with van der Waals surface area (Å²) < 4.78 is 31.3. The van der Waals surface area contributed by atoms with Gasteiger partial charge in [0.2, 0.25) is 0 Å². The zero-order valence-corrected chi connectivity index (χ0v) is 16.4. The van der Waals surface area contributed by atoms with Gasteiger partial charge >= 0.3 is 13.1 Å². The molecule has 1 heterocycles. The van der Waals surface area contributed by atoms with E-state index in [4.69, 9.17) is 14.0 Å². The van der Waals surface area contributed by atoms with E-state index in [1.54, 1.807) is 0 Å². The van der Waals surface area contributed by atoms with Gasteiger partial charge in [0.05, 0.1) is 12.4 Å². The van der Waals surface area contributed by atoms with Gasteiger partial charge in [-0.25, -0.2) is 4.39 Å². The van der Waals surface area contributed by atoms with Gasteiger partial charge in [0, 0.05) is 6.42 Å². The molecular weight excluding hydrogens is 346 g/mol. The van der Waals surface area contributed by atoms with Gasteiger partial charge in [-0.3, -0.25) is 4.79 Å². The molecule has 2 fully saturated rings. The Morgan fingerprint density at radius 1 is 1.33 bits per heavy atom. The molecule has 2 aliphatic rings. The van der Waals surface area contributed by atoms with Crippen LogP contribution >= 0.6 is 0 Å². The average Bonchev–Trinajstić information content (AvgIpc) is 2.89. The summed E-state index contributed by atoms with van der Waals surface area (Å²) in [5.41, 5.74) is 0.834. The summed E-state index contributed by atoms with van der Waals surface area (Å²) in [5.74, 6) is 0.740. The van der Waals surface area contributed by atoms with Gasteiger partial charge in [0.15, 0.2) is 0 Å². The Kier molecular flexibility index (Phi) is 5.94. The van der Waals surface area contributed by atoms with Crippen molar-refractivity contribution < 1.29 is 23.2 Å². The zero-order valence-electron chi connectivity index (χ0n) is 16.4. The molecule has 1 saturated carbocycles. The standard InChI is InChI=1S/C21H28BFO4/c1-5-25-20(24)12-15-6-8-16(9-7-15)18-11-10-17(13-19(18)23)22-26-14(2)21(3,4)27-22/h10-11,13,15-16H,2,5-9,12H2,1,3-4H3/t15-,16-. The van der Waals surface area contributed by atoms with Crippen molar-refractivity contribution in [2.24, 2.45) is 5.92 Å². The van der Waals surface area contributed by atoms with Crippen LogP contribution in [0.3, 0.4) is 0 Å². The molecule has 0 aromatic heterocycles. The van der Waals surface area contributed by atoms with Crippen LogP contribution < -0.4 is 5.46 Å². The van der Waals surface area contributed by atoms with Crippen LogP contribution in [0.4, 0.5) is 4.39 Å². The molecule has 6 heteroatoms. The van der Waals surface area contributed by atoms with Gasteiger partial charge in [0.25, 0.3) is 0 Å². The number of carbonyl (C=O) groups is 1. The van der Waals surface area contributed by atoms with Crippen LogP contribution in [0.25, 0.3) is 0 Å². The first-order chi connectivity index (χ1) is 12.8. The van der Waals surface area contributed by atoms with Gasteiger partial charge in [-0.05, 0) is 75.4 Å². The van der Waals surface area contributed by atoms with E-state index in [1.165, 1.54) is 6.07 Å². The van der Waals surface area contributed by atoms with Crippen molar-refractivity contribution in [1.29, 1.82) is 0 Å². The van der Waals surface area contributed by atoms with Crippen molar-refractivity contribution in [2.75, 3.05) is 6.61 Å². The van der Waals surface area contributed by atoms with Crippen molar-refractivity contribution in [3.05, 3.63) is 41.9 Å². The SMILES string of the molecule is C=C1OB(c2ccc([C@H]3CC[C@H](CC(=O)OCC)CC3)c(F)c2)OC1(C)C. The second kappa shape index (κ2) is 8.05. The fourth-order valence-corrected chi connectivity index (χ4v) is 3.92. The highest BCUT2D eigenvalue weighted by Gasteiger charge is 2.43. The summed E-state index contributed by atoms with van der Waals surface area (Å²) in [6.45, 7) is 9.87. The molecule has 4 nitrogen and oxygen atoms in total. The Bertz CT molecular complexity index is 710. The second-order valence-corrected chi connectivity index (χ2v) is 8.01. The molecule has 3 rings (SSSR count). The van der Waals surface area contributed by atoms with Crippen molar-refractivity contribution >= 4 is 18.6 Å². The van der Waals surface area contributed by atoms with Crippen molar-refractivity contribution in [3.8, 4) is 0 Å². The largest absolute Gasteiger partial charge is 0.563 e. The van der Waals surface area contributed by atoms with Gasteiger partial charge < -0.3 is 14.0 Å². The maximum absolute atomic E-state index is 14.8. The molecule has 0 spiro atoms. The number of hydrogen-bond donors (Lipinski definition) is 0. The quantitative estimate of drug-likeness (QED) is 0.575. The smallest absolute Gasteiger partial charge is 0.534 e. The van der Waals surface area contributed by atoms with Crippen molar-refractivity contribution in [3.63, 3.8) is 0 Å². The molecule has 0 atom stereocenters. The van der Waals surface area contributed by atoms with E-state index >= 15 is 0 Å². The van der Waals surface area contributed by atoms with E-state index in [0.29, 0.717) is 30.2 Å². The lowest BCUT2D eigenvalue weighted by Crippen LogP contribution is -2.35. The normalized spacial score (nSPS) is 24.6. The van der Waals surface area contributed by atoms with E-state index in [1.807, 2.05) is 32.9 Å². The third kappa shape index (κ3) is 4.54. The predicted molar refractivity (Wildman–Crippen MR) is 103 cm³/mol. The van der Waals surface area contributed by atoms with Gasteiger partial charge in [0.1, 0.15) is 11.4 Å². The lowest BCUT2D eigenvalue weighted by atomic mass is 9.75. The molecule has 1 aliphatic heterocycles. The first-order valence-corrected chi connectivity index (χ1v) is 9.79. The Hall–Kier alpha value is -1.82. The summed E-state index contributed by atoms with van der Waals surface area (Å²) >= 11 is 0. The molecule has 0 N–H and O–H groups in total. The van der Waals surface area contributed by atoms with Crippen LogP contribution in [0.2, 0.25) is 0 Å². The van der Waals surface area contributed by atoms with E-state index in [2.05, 4.69) is 6.58 Å².